The molecule has 1 heterocycles. The first-order valence-corrected chi connectivity index (χ1v) is 8.82. The summed E-state index contributed by atoms with van der Waals surface area (Å²) in [6, 6.07) is 5.37. The molecular weight excluding hydrogens is 336 g/mol. The minimum absolute atomic E-state index is 0.141. The summed E-state index contributed by atoms with van der Waals surface area (Å²) < 4.78 is 0.899. The number of rotatable bonds is 3. The maximum absolute atomic E-state index is 12.6. The van der Waals surface area contributed by atoms with Crippen LogP contribution >= 0.6 is 22.9 Å². The SMILES string of the molecule is O=C(O)[C@@H]1[C@H]2CC[C@@H](C2)[C@@H]1C(=O)Nc1nc2ccc(Cl)cc2s1. The van der Waals surface area contributed by atoms with Gasteiger partial charge in [-0.3, -0.25) is 9.59 Å². The van der Waals surface area contributed by atoms with Crippen LogP contribution in [0.4, 0.5) is 5.13 Å². The smallest absolute Gasteiger partial charge is 0.307 e. The molecule has 5 nitrogen and oxygen atoms in total. The van der Waals surface area contributed by atoms with Crippen molar-refractivity contribution in [3.8, 4) is 0 Å². The number of halogens is 1. The zero-order valence-corrected chi connectivity index (χ0v) is 13.7. The second-order valence-corrected chi connectivity index (χ2v) is 7.81. The van der Waals surface area contributed by atoms with Gasteiger partial charge in [0.05, 0.1) is 22.1 Å². The molecule has 2 fully saturated rings. The number of nitrogens with one attached hydrogen (secondary N) is 1. The molecule has 0 aliphatic heterocycles. The minimum Gasteiger partial charge on any atom is -0.481 e. The van der Waals surface area contributed by atoms with Gasteiger partial charge >= 0.3 is 5.97 Å². The lowest BCUT2D eigenvalue weighted by Crippen LogP contribution is -2.37. The number of aromatic nitrogens is 1. The van der Waals surface area contributed by atoms with E-state index in [1.165, 1.54) is 11.3 Å². The molecule has 120 valence electrons. The Morgan fingerprint density at radius 3 is 2.74 bits per heavy atom. The zero-order valence-electron chi connectivity index (χ0n) is 12.2. The quantitative estimate of drug-likeness (QED) is 0.885. The second kappa shape index (κ2) is 5.46. The van der Waals surface area contributed by atoms with Gasteiger partial charge < -0.3 is 10.4 Å². The number of carboxylic acids is 1. The molecule has 2 aromatic rings. The number of aliphatic carboxylic acids is 1. The number of anilines is 1. The molecule has 0 radical (unpaired) electrons. The average Bonchev–Trinajstić information content (AvgIpc) is 3.18. The van der Waals surface area contributed by atoms with Crippen LogP contribution in [-0.4, -0.2) is 22.0 Å². The van der Waals surface area contributed by atoms with E-state index in [1.54, 1.807) is 12.1 Å². The summed E-state index contributed by atoms with van der Waals surface area (Å²) in [6.07, 6.45) is 2.72. The Morgan fingerprint density at radius 2 is 2.00 bits per heavy atom. The van der Waals surface area contributed by atoms with Crippen molar-refractivity contribution in [3.63, 3.8) is 0 Å². The van der Waals surface area contributed by atoms with Crippen LogP contribution < -0.4 is 5.32 Å². The molecule has 1 aromatic carbocycles. The van der Waals surface area contributed by atoms with Crippen molar-refractivity contribution in [2.75, 3.05) is 5.32 Å². The van der Waals surface area contributed by atoms with E-state index in [2.05, 4.69) is 10.3 Å². The molecule has 2 bridgehead atoms. The van der Waals surface area contributed by atoms with Gasteiger partial charge in [0.2, 0.25) is 5.91 Å². The lowest BCUT2D eigenvalue weighted by Gasteiger charge is -2.26. The summed E-state index contributed by atoms with van der Waals surface area (Å²) in [7, 11) is 0. The van der Waals surface area contributed by atoms with Gasteiger partial charge in [-0.05, 0) is 49.3 Å². The van der Waals surface area contributed by atoms with Crippen LogP contribution in [0, 0.1) is 23.7 Å². The highest BCUT2D eigenvalue weighted by Gasteiger charge is 2.54. The van der Waals surface area contributed by atoms with Crippen LogP contribution in [0.3, 0.4) is 0 Å². The molecule has 23 heavy (non-hydrogen) atoms. The Hall–Kier alpha value is -1.66. The van der Waals surface area contributed by atoms with E-state index >= 15 is 0 Å². The number of carbonyl (C=O) groups is 2. The highest BCUT2D eigenvalue weighted by Crippen LogP contribution is 2.52. The fourth-order valence-electron chi connectivity index (χ4n) is 4.16. The summed E-state index contributed by atoms with van der Waals surface area (Å²) in [4.78, 5) is 28.5. The minimum atomic E-state index is -0.853. The summed E-state index contributed by atoms with van der Waals surface area (Å²) >= 11 is 7.31. The van der Waals surface area contributed by atoms with E-state index in [0.29, 0.717) is 10.2 Å². The van der Waals surface area contributed by atoms with Gasteiger partial charge in [0.1, 0.15) is 0 Å². The molecule has 1 amide bonds. The normalized spacial score (nSPS) is 29.1. The summed E-state index contributed by atoms with van der Waals surface area (Å²) in [5.74, 6) is -1.74. The Labute approximate surface area is 141 Å². The third-order valence-corrected chi connectivity index (χ3v) is 6.25. The number of carboxylic acid groups (broad SMARTS) is 1. The molecule has 1 aromatic heterocycles. The molecule has 7 heteroatoms. The second-order valence-electron chi connectivity index (χ2n) is 6.34. The number of nitrogens with zero attached hydrogens (tertiary/aromatic N) is 1. The number of hydrogen-bond acceptors (Lipinski definition) is 4. The van der Waals surface area contributed by atoms with Gasteiger partial charge in [0.25, 0.3) is 0 Å². The van der Waals surface area contributed by atoms with Crippen LogP contribution in [0.25, 0.3) is 10.2 Å². The van der Waals surface area contributed by atoms with Gasteiger partial charge in [-0.2, -0.15) is 0 Å². The van der Waals surface area contributed by atoms with Gasteiger partial charge in [-0.15, -0.1) is 0 Å². The van der Waals surface area contributed by atoms with Crippen molar-refractivity contribution in [1.29, 1.82) is 0 Å². The number of carbonyl (C=O) groups excluding carboxylic acids is 1. The van der Waals surface area contributed by atoms with Crippen LogP contribution in [-0.2, 0) is 9.59 Å². The van der Waals surface area contributed by atoms with Crippen molar-refractivity contribution >= 4 is 50.2 Å². The van der Waals surface area contributed by atoms with Crippen LogP contribution in [0.1, 0.15) is 19.3 Å². The number of benzene rings is 1. The fraction of sp³-hybridized carbons (Fsp3) is 0.438. The van der Waals surface area contributed by atoms with E-state index in [-0.39, 0.29) is 17.7 Å². The predicted octanol–water partition coefficient (Wildman–Crippen LogP) is 3.64. The van der Waals surface area contributed by atoms with Crippen molar-refractivity contribution in [2.45, 2.75) is 19.3 Å². The number of amides is 1. The van der Waals surface area contributed by atoms with Crippen LogP contribution in [0.2, 0.25) is 5.02 Å². The van der Waals surface area contributed by atoms with E-state index in [0.717, 1.165) is 29.5 Å². The highest BCUT2D eigenvalue weighted by molar-refractivity contribution is 7.22. The Balaban J connectivity index is 1.57. The van der Waals surface area contributed by atoms with Crippen molar-refractivity contribution in [1.82, 2.24) is 4.98 Å². The van der Waals surface area contributed by atoms with Gasteiger partial charge in [-0.25, -0.2) is 4.98 Å². The maximum atomic E-state index is 12.6. The first kappa shape index (κ1) is 14.9. The maximum Gasteiger partial charge on any atom is 0.307 e. The fourth-order valence-corrected chi connectivity index (χ4v) is 5.31. The van der Waals surface area contributed by atoms with Crippen LogP contribution in [0.15, 0.2) is 18.2 Å². The average molecular weight is 351 g/mol. The largest absolute Gasteiger partial charge is 0.481 e. The van der Waals surface area contributed by atoms with E-state index < -0.39 is 17.8 Å². The molecule has 2 aliphatic rings. The Kier molecular flexibility index (Phi) is 3.54. The third kappa shape index (κ3) is 2.50. The molecule has 2 aliphatic carbocycles. The first-order valence-electron chi connectivity index (χ1n) is 7.62. The van der Waals surface area contributed by atoms with Gasteiger partial charge in [0.15, 0.2) is 5.13 Å². The lowest BCUT2D eigenvalue weighted by molar-refractivity contribution is -0.148. The standard InChI is InChI=1S/C16H15ClN2O3S/c17-9-3-4-10-11(6-9)23-16(18-10)19-14(20)12-7-1-2-8(5-7)13(12)15(21)22/h3-4,6-8,12-13H,1-2,5H2,(H,21,22)(H,18,19,20)/t7-,8-,12-,13+/m0/s1. The van der Waals surface area contributed by atoms with Gasteiger partial charge in [0, 0.05) is 5.02 Å². The monoisotopic (exact) mass is 350 g/mol. The predicted molar refractivity (Wildman–Crippen MR) is 88.7 cm³/mol. The molecule has 0 saturated heterocycles. The number of hydrogen-bond donors (Lipinski definition) is 2. The molecule has 0 unspecified atom stereocenters. The molecule has 4 atom stereocenters. The summed E-state index contributed by atoms with van der Waals surface area (Å²) in [5, 5.41) is 13.4. The van der Waals surface area contributed by atoms with Gasteiger partial charge in [-0.1, -0.05) is 22.9 Å². The number of thiazole rings is 1. The third-order valence-electron chi connectivity index (χ3n) is 5.08. The van der Waals surface area contributed by atoms with Crippen molar-refractivity contribution < 1.29 is 14.7 Å². The highest BCUT2D eigenvalue weighted by atomic mass is 35.5. The first-order chi connectivity index (χ1) is 11.0. The van der Waals surface area contributed by atoms with E-state index in [4.69, 9.17) is 11.6 Å². The molecule has 2 N–H and O–H groups in total. The Bertz CT molecular complexity index is 806. The van der Waals surface area contributed by atoms with Crippen molar-refractivity contribution in [3.05, 3.63) is 23.2 Å². The molecule has 4 rings (SSSR count). The Morgan fingerprint density at radius 1 is 1.26 bits per heavy atom. The number of fused-ring (bicyclic) bond motifs is 3. The van der Waals surface area contributed by atoms with Crippen LogP contribution in [0.5, 0.6) is 0 Å². The summed E-state index contributed by atoms with van der Waals surface area (Å²) in [5.41, 5.74) is 0.775. The van der Waals surface area contributed by atoms with E-state index in [9.17, 15) is 14.7 Å². The molecule has 2 saturated carbocycles. The summed E-state index contributed by atoms with van der Waals surface area (Å²) in [6.45, 7) is 0. The topological polar surface area (TPSA) is 79.3 Å². The van der Waals surface area contributed by atoms with Crippen molar-refractivity contribution in [2.24, 2.45) is 23.7 Å². The lowest BCUT2D eigenvalue weighted by atomic mass is 9.79. The molecular formula is C16H15ClN2O3S. The van der Waals surface area contributed by atoms with E-state index in [1.807, 2.05) is 6.07 Å². The molecule has 0 spiro atoms. The zero-order chi connectivity index (χ0) is 16.1.